The second-order valence-electron chi connectivity index (χ2n) is 4.83. The lowest BCUT2D eigenvalue weighted by atomic mass is 10.3. The van der Waals surface area contributed by atoms with E-state index in [-0.39, 0.29) is 5.91 Å². The molecule has 0 aliphatic carbocycles. The van der Waals surface area contributed by atoms with Crippen molar-refractivity contribution in [1.82, 2.24) is 20.0 Å². The zero-order valence-electron chi connectivity index (χ0n) is 12.0. The predicted molar refractivity (Wildman–Crippen MR) is 82.5 cm³/mol. The van der Waals surface area contributed by atoms with Crippen molar-refractivity contribution in [3.63, 3.8) is 0 Å². The van der Waals surface area contributed by atoms with Crippen LogP contribution >= 0.6 is 11.3 Å². The molecule has 0 fully saturated rings. The number of nitrogens with zero attached hydrogens (tertiary/aromatic N) is 3. The van der Waals surface area contributed by atoms with Gasteiger partial charge in [0, 0.05) is 18.0 Å². The lowest BCUT2D eigenvalue weighted by Gasteiger charge is -2.01. The van der Waals surface area contributed by atoms with E-state index in [0.717, 1.165) is 16.3 Å². The summed E-state index contributed by atoms with van der Waals surface area (Å²) < 4.78 is 1.56. The van der Waals surface area contributed by atoms with E-state index in [4.69, 9.17) is 0 Å². The molecule has 1 amide bonds. The van der Waals surface area contributed by atoms with Crippen molar-refractivity contribution in [2.45, 2.75) is 13.8 Å². The molecular weight excluding hydrogens is 286 g/mol. The lowest BCUT2D eigenvalue weighted by Crippen LogP contribution is -2.16. The first kappa shape index (κ1) is 13.6. The SMILES string of the molecule is Cc1cc(C(=O)Nc2cc(-c3ccc(C)s3)[nH]n2)n(C)n1. The first-order valence-corrected chi connectivity index (χ1v) is 7.29. The smallest absolute Gasteiger partial charge is 0.275 e. The fourth-order valence-electron chi connectivity index (χ4n) is 2.09. The maximum Gasteiger partial charge on any atom is 0.275 e. The van der Waals surface area contributed by atoms with E-state index in [2.05, 4.69) is 33.6 Å². The Balaban J connectivity index is 1.78. The highest BCUT2D eigenvalue weighted by Gasteiger charge is 2.14. The average molecular weight is 301 g/mol. The van der Waals surface area contributed by atoms with Gasteiger partial charge in [0.2, 0.25) is 0 Å². The van der Waals surface area contributed by atoms with Crippen molar-refractivity contribution < 1.29 is 4.79 Å². The standard InChI is InChI=1S/C14H15N5OS/c1-8-6-11(19(3)18-8)14(20)15-13-7-10(16-17-13)12-5-4-9(2)21-12/h4-7H,1-3H3,(H2,15,16,17,20). The highest BCUT2D eigenvalue weighted by atomic mass is 32.1. The van der Waals surface area contributed by atoms with Crippen molar-refractivity contribution in [3.8, 4) is 10.6 Å². The second-order valence-corrected chi connectivity index (χ2v) is 6.11. The summed E-state index contributed by atoms with van der Waals surface area (Å²) in [5, 5.41) is 14.0. The number of rotatable bonds is 3. The molecule has 108 valence electrons. The number of anilines is 1. The third-order valence-corrected chi connectivity index (χ3v) is 4.09. The molecule has 0 radical (unpaired) electrons. The number of aromatic amines is 1. The molecule has 3 aromatic heterocycles. The van der Waals surface area contributed by atoms with Crippen LogP contribution in [0.3, 0.4) is 0 Å². The summed E-state index contributed by atoms with van der Waals surface area (Å²) in [5.74, 6) is 0.276. The van der Waals surface area contributed by atoms with Gasteiger partial charge >= 0.3 is 0 Å². The Kier molecular flexibility index (Phi) is 3.34. The van der Waals surface area contributed by atoms with E-state index in [1.807, 2.05) is 19.1 Å². The van der Waals surface area contributed by atoms with Crippen LogP contribution in [0, 0.1) is 13.8 Å². The predicted octanol–water partition coefficient (Wildman–Crippen LogP) is 2.74. The minimum atomic E-state index is -0.224. The van der Waals surface area contributed by atoms with E-state index >= 15 is 0 Å². The van der Waals surface area contributed by atoms with Gasteiger partial charge in [0.05, 0.1) is 16.3 Å². The Labute approximate surface area is 125 Å². The van der Waals surface area contributed by atoms with Gasteiger partial charge in [-0.3, -0.25) is 14.6 Å². The minimum absolute atomic E-state index is 0.224. The molecule has 0 bridgehead atoms. The molecule has 0 saturated carbocycles. The number of aromatic nitrogens is 4. The third kappa shape index (κ3) is 2.73. The number of H-pyrrole nitrogens is 1. The molecule has 21 heavy (non-hydrogen) atoms. The third-order valence-electron chi connectivity index (χ3n) is 3.06. The van der Waals surface area contributed by atoms with E-state index in [0.29, 0.717) is 11.5 Å². The number of thiophene rings is 1. The first-order chi connectivity index (χ1) is 10.0. The van der Waals surface area contributed by atoms with Crippen molar-refractivity contribution in [2.24, 2.45) is 7.05 Å². The lowest BCUT2D eigenvalue weighted by molar-refractivity contribution is 0.101. The van der Waals surface area contributed by atoms with Gasteiger partial charge in [0.25, 0.3) is 5.91 Å². The van der Waals surface area contributed by atoms with E-state index in [1.54, 1.807) is 29.1 Å². The summed E-state index contributed by atoms with van der Waals surface area (Å²) >= 11 is 1.68. The number of nitrogens with one attached hydrogen (secondary N) is 2. The van der Waals surface area contributed by atoms with Gasteiger partial charge in [0.1, 0.15) is 5.69 Å². The summed E-state index contributed by atoms with van der Waals surface area (Å²) in [6.45, 7) is 3.90. The molecular formula is C14H15N5OS. The number of amides is 1. The van der Waals surface area contributed by atoms with Gasteiger partial charge in [0.15, 0.2) is 5.82 Å². The van der Waals surface area contributed by atoms with Gasteiger partial charge in [-0.2, -0.15) is 10.2 Å². The number of hydrogen-bond donors (Lipinski definition) is 2. The zero-order valence-corrected chi connectivity index (χ0v) is 12.8. The molecule has 0 spiro atoms. The Morgan fingerprint density at radius 1 is 1.33 bits per heavy atom. The number of hydrogen-bond acceptors (Lipinski definition) is 4. The van der Waals surface area contributed by atoms with Crippen LogP contribution in [0.5, 0.6) is 0 Å². The Morgan fingerprint density at radius 3 is 2.76 bits per heavy atom. The van der Waals surface area contributed by atoms with Crippen molar-refractivity contribution >= 4 is 23.1 Å². The van der Waals surface area contributed by atoms with Gasteiger partial charge < -0.3 is 5.32 Å². The second kappa shape index (κ2) is 5.17. The molecule has 0 aliphatic rings. The summed E-state index contributed by atoms with van der Waals surface area (Å²) in [7, 11) is 1.74. The van der Waals surface area contributed by atoms with Crippen LogP contribution in [0.25, 0.3) is 10.6 Å². The van der Waals surface area contributed by atoms with Crippen LogP contribution in [0.2, 0.25) is 0 Å². The summed E-state index contributed by atoms with van der Waals surface area (Å²) in [6.07, 6.45) is 0. The van der Waals surface area contributed by atoms with Crippen LogP contribution in [-0.4, -0.2) is 25.9 Å². The molecule has 0 aromatic carbocycles. The number of carbonyl (C=O) groups excluding carboxylic acids is 1. The van der Waals surface area contributed by atoms with E-state index in [1.165, 1.54) is 4.88 Å². The van der Waals surface area contributed by atoms with Crippen LogP contribution in [0.15, 0.2) is 24.3 Å². The Hall–Kier alpha value is -2.41. The van der Waals surface area contributed by atoms with Gasteiger partial charge in [-0.25, -0.2) is 0 Å². The van der Waals surface area contributed by atoms with Gasteiger partial charge in [-0.15, -0.1) is 11.3 Å². The van der Waals surface area contributed by atoms with Crippen LogP contribution in [0.4, 0.5) is 5.82 Å². The van der Waals surface area contributed by atoms with Crippen LogP contribution < -0.4 is 5.32 Å². The Morgan fingerprint density at radius 2 is 2.14 bits per heavy atom. The molecule has 0 unspecified atom stereocenters. The number of carbonyl (C=O) groups is 1. The molecule has 3 heterocycles. The molecule has 2 N–H and O–H groups in total. The van der Waals surface area contributed by atoms with Gasteiger partial charge in [-0.05, 0) is 32.0 Å². The molecule has 7 heteroatoms. The monoisotopic (exact) mass is 301 g/mol. The normalized spacial score (nSPS) is 10.8. The summed E-state index contributed by atoms with van der Waals surface area (Å²) in [5.41, 5.74) is 2.20. The molecule has 6 nitrogen and oxygen atoms in total. The molecule has 0 aliphatic heterocycles. The zero-order chi connectivity index (χ0) is 15.0. The fourth-order valence-corrected chi connectivity index (χ4v) is 2.93. The molecule has 3 rings (SSSR count). The molecule has 0 atom stereocenters. The topological polar surface area (TPSA) is 75.6 Å². The Bertz CT molecular complexity index is 798. The van der Waals surface area contributed by atoms with Crippen molar-refractivity contribution in [3.05, 3.63) is 40.5 Å². The van der Waals surface area contributed by atoms with Crippen molar-refractivity contribution in [1.29, 1.82) is 0 Å². The maximum absolute atomic E-state index is 12.2. The largest absolute Gasteiger partial charge is 0.304 e. The number of aryl methyl sites for hydroxylation is 3. The van der Waals surface area contributed by atoms with Crippen LogP contribution in [0.1, 0.15) is 21.1 Å². The molecule has 0 saturated heterocycles. The maximum atomic E-state index is 12.2. The van der Waals surface area contributed by atoms with Crippen molar-refractivity contribution in [2.75, 3.05) is 5.32 Å². The minimum Gasteiger partial charge on any atom is -0.304 e. The average Bonchev–Trinajstić information content (AvgIpc) is 3.10. The highest BCUT2D eigenvalue weighted by Crippen LogP contribution is 2.27. The van der Waals surface area contributed by atoms with Gasteiger partial charge in [-0.1, -0.05) is 0 Å². The summed E-state index contributed by atoms with van der Waals surface area (Å²) in [6, 6.07) is 7.65. The first-order valence-electron chi connectivity index (χ1n) is 6.47. The molecule has 3 aromatic rings. The van der Waals surface area contributed by atoms with E-state index < -0.39 is 0 Å². The van der Waals surface area contributed by atoms with E-state index in [9.17, 15) is 4.79 Å². The summed E-state index contributed by atoms with van der Waals surface area (Å²) in [4.78, 5) is 14.5. The fraction of sp³-hybridized carbons (Fsp3) is 0.214. The quantitative estimate of drug-likeness (QED) is 0.781. The van der Waals surface area contributed by atoms with Crippen LogP contribution in [-0.2, 0) is 7.05 Å². The highest BCUT2D eigenvalue weighted by molar-refractivity contribution is 7.15.